The topological polar surface area (TPSA) is 63.4 Å². The minimum atomic E-state index is -0.375. The molecule has 1 heterocycles. The molecule has 0 saturated carbocycles. The van der Waals surface area contributed by atoms with Crippen molar-refractivity contribution in [3.8, 4) is 0 Å². The zero-order chi connectivity index (χ0) is 14.5. The molecule has 0 aromatic heterocycles. The van der Waals surface area contributed by atoms with Gasteiger partial charge in [0.1, 0.15) is 5.82 Å². The third kappa shape index (κ3) is 3.87. The third-order valence-electron chi connectivity index (χ3n) is 3.54. The van der Waals surface area contributed by atoms with E-state index in [0.29, 0.717) is 12.1 Å². The Balaban J connectivity index is 1.83. The van der Waals surface area contributed by atoms with Gasteiger partial charge in [0.05, 0.1) is 0 Å². The maximum atomic E-state index is 12.8. The summed E-state index contributed by atoms with van der Waals surface area (Å²) in [6, 6.07) is 5.43. The van der Waals surface area contributed by atoms with E-state index in [4.69, 9.17) is 5.73 Å². The van der Waals surface area contributed by atoms with Gasteiger partial charge in [-0.3, -0.25) is 9.59 Å². The van der Waals surface area contributed by atoms with Crippen molar-refractivity contribution in [2.75, 3.05) is 13.1 Å². The van der Waals surface area contributed by atoms with Crippen LogP contribution in [0.2, 0.25) is 0 Å². The lowest BCUT2D eigenvalue weighted by molar-refractivity contribution is -0.132. The van der Waals surface area contributed by atoms with Gasteiger partial charge >= 0.3 is 0 Å². The number of likely N-dealkylation sites (tertiary alicyclic amines) is 1. The number of rotatable bonds is 4. The molecule has 0 aliphatic carbocycles. The molecule has 20 heavy (non-hydrogen) atoms. The molecule has 2 rings (SSSR count). The van der Waals surface area contributed by atoms with Gasteiger partial charge in [-0.05, 0) is 37.1 Å². The Hall–Kier alpha value is -1.75. The molecule has 0 spiro atoms. The molecule has 1 atom stereocenters. The van der Waals surface area contributed by atoms with Crippen LogP contribution in [-0.2, 0) is 4.79 Å². The number of hydrogen-bond donors (Lipinski definition) is 1. The molecule has 1 aliphatic rings. The van der Waals surface area contributed by atoms with Crippen molar-refractivity contribution in [2.45, 2.75) is 31.7 Å². The number of halogens is 1. The number of benzene rings is 1. The van der Waals surface area contributed by atoms with Crippen LogP contribution in [-0.4, -0.2) is 35.7 Å². The third-order valence-corrected chi connectivity index (χ3v) is 3.54. The van der Waals surface area contributed by atoms with Gasteiger partial charge in [0.25, 0.3) is 0 Å². The summed E-state index contributed by atoms with van der Waals surface area (Å²) in [5.74, 6) is -0.546. The Morgan fingerprint density at radius 2 is 1.95 bits per heavy atom. The maximum absolute atomic E-state index is 12.8. The number of carbonyl (C=O) groups excluding carboxylic acids is 2. The molecule has 0 bridgehead atoms. The Kier molecular flexibility index (Phi) is 4.84. The van der Waals surface area contributed by atoms with Crippen LogP contribution in [0.15, 0.2) is 24.3 Å². The molecule has 1 saturated heterocycles. The highest BCUT2D eigenvalue weighted by atomic mass is 19.1. The minimum Gasteiger partial charge on any atom is -0.341 e. The smallest absolute Gasteiger partial charge is 0.223 e. The van der Waals surface area contributed by atoms with Gasteiger partial charge in [0.15, 0.2) is 5.78 Å². The predicted molar refractivity (Wildman–Crippen MR) is 73.8 cm³/mol. The van der Waals surface area contributed by atoms with Crippen LogP contribution in [0.4, 0.5) is 4.39 Å². The number of amides is 1. The summed E-state index contributed by atoms with van der Waals surface area (Å²) in [4.78, 5) is 25.6. The fourth-order valence-electron chi connectivity index (χ4n) is 2.40. The quantitative estimate of drug-likeness (QED) is 0.853. The van der Waals surface area contributed by atoms with Crippen LogP contribution < -0.4 is 5.73 Å². The van der Waals surface area contributed by atoms with Crippen molar-refractivity contribution in [1.82, 2.24) is 4.90 Å². The van der Waals surface area contributed by atoms with Crippen molar-refractivity contribution in [3.63, 3.8) is 0 Å². The first-order valence-electron chi connectivity index (χ1n) is 6.88. The molecule has 2 N–H and O–H groups in total. The van der Waals surface area contributed by atoms with Gasteiger partial charge < -0.3 is 10.6 Å². The molecule has 1 amide bonds. The number of piperidine rings is 1. The Bertz CT molecular complexity index is 487. The van der Waals surface area contributed by atoms with Gasteiger partial charge in [0.2, 0.25) is 5.91 Å². The van der Waals surface area contributed by atoms with Crippen molar-refractivity contribution >= 4 is 11.7 Å². The van der Waals surface area contributed by atoms with Gasteiger partial charge in [0, 0.05) is 37.5 Å². The van der Waals surface area contributed by atoms with Crippen molar-refractivity contribution in [3.05, 3.63) is 35.6 Å². The van der Waals surface area contributed by atoms with Gasteiger partial charge in [-0.2, -0.15) is 0 Å². The summed E-state index contributed by atoms with van der Waals surface area (Å²) in [6.45, 7) is 1.29. The lowest BCUT2D eigenvalue weighted by Crippen LogP contribution is -2.45. The molecule has 1 unspecified atom stereocenters. The summed E-state index contributed by atoms with van der Waals surface area (Å²) in [5, 5.41) is 0. The minimum absolute atomic E-state index is 0.0318. The van der Waals surface area contributed by atoms with E-state index in [-0.39, 0.29) is 36.4 Å². The molecular formula is C15H19FN2O2. The number of nitrogens with two attached hydrogens (primary N) is 1. The maximum Gasteiger partial charge on any atom is 0.223 e. The van der Waals surface area contributed by atoms with Crippen LogP contribution in [0.25, 0.3) is 0 Å². The second kappa shape index (κ2) is 6.61. The summed E-state index contributed by atoms with van der Waals surface area (Å²) in [5.41, 5.74) is 6.27. The lowest BCUT2D eigenvalue weighted by atomic mass is 10.0. The molecule has 5 heteroatoms. The number of ketones is 1. The largest absolute Gasteiger partial charge is 0.341 e. The average molecular weight is 278 g/mol. The van der Waals surface area contributed by atoms with Crippen LogP contribution in [0.5, 0.6) is 0 Å². The van der Waals surface area contributed by atoms with Crippen molar-refractivity contribution in [1.29, 1.82) is 0 Å². The number of hydrogen-bond acceptors (Lipinski definition) is 3. The van der Waals surface area contributed by atoms with E-state index in [1.54, 1.807) is 4.90 Å². The van der Waals surface area contributed by atoms with E-state index in [0.717, 1.165) is 19.4 Å². The SMILES string of the molecule is NC1CCCN(C(=O)CCC(=O)c2ccc(F)cc2)C1. The predicted octanol–water partition coefficient (Wildman–Crippen LogP) is 1.74. The molecular weight excluding hydrogens is 259 g/mol. The number of carbonyl (C=O) groups is 2. The van der Waals surface area contributed by atoms with Gasteiger partial charge in [-0.1, -0.05) is 0 Å². The highest BCUT2D eigenvalue weighted by Crippen LogP contribution is 2.12. The molecule has 1 aliphatic heterocycles. The zero-order valence-corrected chi connectivity index (χ0v) is 11.3. The summed E-state index contributed by atoms with van der Waals surface area (Å²) in [6.07, 6.45) is 2.19. The molecule has 108 valence electrons. The van der Waals surface area contributed by atoms with Crippen LogP contribution in [0.3, 0.4) is 0 Å². The van der Waals surface area contributed by atoms with E-state index >= 15 is 0 Å². The first-order chi connectivity index (χ1) is 9.56. The molecule has 4 nitrogen and oxygen atoms in total. The van der Waals surface area contributed by atoms with Crippen LogP contribution >= 0.6 is 0 Å². The van der Waals surface area contributed by atoms with Crippen molar-refractivity contribution < 1.29 is 14.0 Å². The van der Waals surface area contributed by atoms with E-state index in [9.17, 15) is 14.0 Å². The van der Waals surface area contributed by atoms with Crippen LogP contribution in [0.1, 0.15) is 36.0 Å². The Labute approximate surface area is 117 Å². The Morgan fingerprint density at radius 1 is 1.25 bits per heavy atom. The first kappa shape index (κ1) is 14.7. The highest BCUT2D eigenvalue weighted by molar-refractivity contribution is 5.97. The van der Waals surface area contributed by atoms with Gasteiger partial charge in [-0.25, -0.2) is 4.39 Å². The number of nitrogens with zero attached hydrogens (tertiary/aromatic N) is 1. The summed E-state index contributed by atoms with van der Waals surface area (Å²) < 4.78 is 12.8. The van der Waals surface area contributed by atoms with E-state index < -0.39 is 0 Å². The first-order valence-corrected chi connectivity index (χ1v) is 6.88. The summed E-state index contributed by atoms with van der Waals surface area (Å²) in [7, 11) is 0. The molecule has 1 aromatic carbocycles. The zero-order valence-electron chi connectivity index (χ0n) is 11.3. The van der Waals surface area contributed by atoms with E-state index in [1.807, 2.05) is 0 Å². The fourth-order valence-corrected chi connectivity index (χ4v) is 2.40. The lowest BCUT2D eigenvalue weighted by Gasteiger charge is -2.30. The standard InChI is InChI=1S/C15H19FN2O2/c16-12-5-3-11(4-6-12)14(19)7-8-15(20)18-9-1-2-13(17)10-18/h3-6,13H,1-2,7-10,17H2. The van der Waals surface area contributed by atoms with E-state index in [1.165, 1.54) is 24.3 Å². The van der Waals surface area contributed by atoms with Crippen molar-refractivity contribution in [2.24, 2.45) is 5.73 Å². The van der Waals surface area contributed by atoms with Gasteiger partial charge in [-0.15, -0.1) is 0 Å². The normalized spacial score (nSPS) is 18.9. The monoisotopic (exact) mass is 278 g/mol. The second-order valence-electron chi connectivity index (χ2n) is 5.17. The average Bonchev–Trinajstić information content (AvgIpc) is 2.45. The fraction of sp³-hybridized carbons (Fsp3) is 0.467. The molecule has 0 radical (unpaired) electrons. The second-order valence-corrected chi connectivity index (χ2v) is 5.17. The summed E-state index contributed by atoms with van der Waals surface area (Å²) >= 11 is 0. The Morgan fingerprint density at radius 3 is 2.60 bits per heavy atom. The molecule has 1 fully saturated rings. The van der Waals surface area contributed by atoms with E-state index in [2.05, 4.69) is 0 Å². The molecule has 1 aromatic rings. The number of Topliss-reactive ketones (excluding diaryl/α,β-unsaturated/α-hetero) is 1. The highest BCUT2D eigenvalue weighted by Gasteiger charge is 2.21. The van der Waals surface area contributed by atoms with Crippen LogP contribution in [0, 0.1) is 5.82 Å².